The lowest BCUT2D eigenvalue weighted by atomic mass is 10.1. The lowest BCUT2D eigenvalue weighted by Gasteiger charge is -2.05. The Bertz CT molecular complexity index is 555. The quantitative estimate of drug-likeness (QED) is 0.634. The van der Waals surface area contributed by atoms with Crippen LogP contribution in [0.25, 0.3) is 0 Å². The smallest absolute Gasteiger partial charge is 0.243 e. The van der Waals surface area contributed by atoms with Gasteiger partial charge in [0.25, 0.3) is 0 Å². The first kappa shape index (κ1) is 11.1. The molecule has 0 radical (unpaired) electrons. The molecule has 17 heavy (non-hydrogen) atoms. The fraction of sp³-hybridized carbons (Fsp3) is 0.0833. The highest BCUT2D eigenvalue weighted by molar-refractivity contribution is 6.09. The highest BCUT2D eigenvalue weighted by Gasteiger charge is 2.16. The van der Waals surface area contributed by atoms with E-state index in [1.54, 1.807) is 24.3 Å². The van der Waals surface area contributed by atoms with E-state index in [0.29, 0.717) is 11.3 Å². The Balaban J connectivity index is 2.44. The largest absolute Gasteiger partial charge is 0.479 e. The Morgan fingerprint density at radius 3 is 2.76 bits per heavy atom. The first-order chi connectivity index (χ1) is 8.22. The summed E-state index contributed by atoms with van der Waals surface area (Å²) in [6.07, 6.45) is 2.91. The number of anilines is 1. The third-order valence-corrected chi connectivity index (χ3v) is 2.22. The van der Waals surface area contributed by atoms with Gasteiger partial charge in [-0.2, -0.15) is 0 Å². The van der Waals surface area contributed by atoms with Gasteiger partial charge in [-0.15, -0.1) is 0 Å². The predicted molar refractivity (Wildman–Crippen MR) is 62.9 cm³/mol. The zero-order valence-electron chi connectivity index (χ0n) is 9.25. The molecule has 0 bridgehead atoms. The van der Waals surface area contributed by atoms with Gasteiger partial charge in [-0.05, 0) is 12.1 Å². The lowest BCUT2D eigenvalue weighted by molar-refractivity contribution is 0.103. The van der Waals surface area contributed by atoms with E-state index in [-0.39, 0.29) is 17.4 Å². The molecular weight excluding hydrogens is 218 g/mol. The monoisotopic (exact) mass is 229 g/mol. The highest BCUT2D eigenvalue weighted by Crippen LogP contribution is 2.17. The van der Waals surface area contributed by atoms with Crippen molar-refractivity contribution in [3.05, 3.63) is 47.9 Å². The third-order valence-electron chi connectivity index (χ3n) is 2.22. The van der Waals surface area contributed by atoms with E-state index < -0.39 is 0 Å². The number of carbonyl (C=O) groups excluding carboxylic acids is 1. The maximum absolute atomic E-state index is 12.1. The molecule has 1 aromatic carbocycles. The molecule has 0 fully saturated rings. The lowest BCUT2D eigenvalue weighted by Crippen LogP contribution is -2.08. The fourth-order valence-corrected chi connectivity index (χ4v) is 1.45. The Labute approximate surface area is 98.3 Å². The van der Waals surface area contributed by atoms with Crippen molar-refractivity contribution in [2.45, 2.75) is 0 Å². The van der Waals surface area contributed by atoms with Crippen LogP contribution in [0.5, 0.6) is 5.88 Å². The van der Waals surface area contributed by atoms with Crippen molar-refractivity contribution in [2.24, 2.45) is 0 Å². The molecule has 0 saturated heterocycles. The van der Waals surface area contributed by atoms with Crippen molar-refractivity contribution in [3.63, 3.8) is 0 Å². The molecule has 2 rings (SSSR count). The number of rotatable bonds is 3. The van der Waals surface area contributed by atoms with Crippen LogP contribution in [-0.2, 0) is 0 Å². The van der Waals surface area contributed by atoms with Gasteiger partial charge in [-0.1, -0.05) is 12.1 Å². The zero-order chi connectivity index (χ0) is 12.3. The summed E-state index contributed by atoms with van der Waals surface area (Å²) in [7, 11) is 1.44. The molecule has 5 nitrogen and oxygen atoms in total. The van der Waals surface area contributed by atoms with Gasteiger partial charge in [0.2, 0.25) is 11.7 Å². The van der Waals surface area contributed by atoms with Crippen LogP contribution in [-0.4, -0.2) is 22.9 Å². The Morgan fingerprint density at radius 2 is 2.06 bits per heavy atom. The molecule has 2 N–H and O–H groups in total. The number of hydrogen-bond donors (Lipinski definition) is 1. The van der Waals surface area contributed by atoms with E-state index in [2.05, 4.69) is 9.97 Å². The maximum Gasteiger partial charge on any atom is 0.243 e. The SMILES string of the molecule is COc1nccnc1C(=O)c1cccc(N)c1. The number of hydrogen-bond acceptors (Lipinski definition) is 5. The minimum absolute atomic E-state index is 0.181. The van der Waals surface area contributed by atoms with Crippen LogP contribution < -0.4 is 10.5 Å². The average molecular weight is 229 g/mol. The van der Waals surface area contributed by atoms with E-state index in [1.807, 2.05) is 0 Å². The molecule has 1 aromatic heterocycles. The van der Waals surface area contributed by atoms with Crippen molar-refractivity contribution in [1.29, 1.82) is 0 Å². The van der Waals surface area contributed by atoms with Gasteiger partial charge in [0.05, 0.1) is 7.11 Å². The summed E-state index contributed by atoms with van der Waals surface area (Å²) >= 11 is 0. The number of nitrogen functional groups attached to an aromatic ring is 1. The van der Waals surface area contributed by atoms with Crippen LogP contribution >= 0.6 is 0 Å². The predicted octanol–water partition coefficient (Wildman–Crippen LogP) is 1.30. The summed E-state index contributed by atoms with van der Waals surface area (Å²) in [4.78, 5) is 20.0. The minimum Gasteiger partial charge on any atom is -0.479 e. The Morgan fingerprint density at radius 1 is 1.29 bits per heavy atom. The summed E-state index contributed by atoms with van der Waals surface area (Å²) in [6, 6.07) is 6.69. The van der Waals surface area contributed by atoms with Crippen LogP contribution in [0.2, 0.25) is 0 Å². The number of ketones is 1. The van der Waals surface area contributed by atoms with Crippen LogP contribution in [0.15, 0.2) is 36.7 Å². The molecule has 86 valence electrons. The van der Waals surface area contributed by atoms with Gasteiger partial charge < -0.3 is 10.5 Å². The number of aromatic nitrogens is 2. The van der Waals surface area contributed by atoms with Gasteiger partial charge in [-0.3, -0.25) is 4.79 Å². The van der Waals surface area contributed by atoms with Crippen molar-refractivity contribution in [2.75, 3.05) is 12.8 Å². The van der Waals surface area contributed by atoms with E-state index in [4.69, 9.17) is 10.5 Å². The Kier molecular flexibility index (Phi) is 3.00. The van der Waals surface area contributed by atoms with Crippen LogP contribution in [0.3, 0.4) is 0 Å². The summed E-state index contributed by atoms with van der Waals surface area (Å²) in [6.45, 7) is 0. The number of ether oxygens (including phenoxy) is 1. The molecule has 0 unspecified atom stereocenters. The third kappa shape index (κ3) is 2.23. The summed E-state index contributed by atoms with van der Waals surface area (Å²) in [5, 5.41) is 0. The second-order valence-corrected chi connectivity index (χ2v) is 3.37. The van der Waals surface area contributed by atoms with Gasteiger partial charge in [0.1, 0.15) is 0 Å². The molecule has 2 aromatic rings. The van der Waals surface area contributed by atoms with E-state index in [9.17, 15) is 4.79 Å². The van der Waals surface area contributed by atoms with Crippen LogP contribution in [0.4, 0.5) is 5.69 Å². The van der Waals surface area contributed by atoms with Crippen molar-refractivity contribution >= 4 is 11.5 Å². The zero-order valence-corrected chi connectivity index (χ0v) is 9.25. The van der Waals surface area contributed by atoms with Crippen LogP contribution in [0.1, 0.15) is 16.1 Å². The van der Waals surface area contributed by atoms with E-state index in [1.165, 1.54) is 19.5 Å². The van der Waals surface area contributed by atoms with Crippen molar-refractivity contribution < 1.29 is 9.53 Å². The van der Waals surface area contributed by atoms with Crippen LogP contribution in [0, 0.1) is 0 Å². The number of carbonyl (C=O) groups is 1. The second-order valence-electron chi connectivity index (χ2n) is 3.37. The topological polar surface area (TPSA) is 78.1 Å². The molecule has 0 amide bonds. The van der Waals surface area contributed by atoms with E-state index in [0.717, 1.165) is 0 Å². The van der Waals surface area contributed by atoms with Gasteiger partial charge in [0, 0.05) is 23.6 Å². The standard InChI is InChI=1S/C12H11N3O2/c1-17-12-10(14-5-6-15-12)11(16)8-3-2-4-9(13)7-8/h2-7H,13H2,1H3. The minimum atomic E-state index is -0.262. The molecule has 0 spiro atoms. The molecule has 1 heterocycles. The molecule has 0 aliphatic rings. The second kappa shape index (κ2) is 4.61. The van der Waals surface area contributed by atoms with Crippen molar-refractivity contribution in [3.8, 4) is 5.88 Å². The maximum atomic E-state index is 12.1. The average Bonchev–Trinajstić information content (AvgIpc) is 2.38. The summed E-state index contributed by atoms with van der Waals surface area (Å²) < 4.78 is 4.99. The molecule has 0 saturated carbocycles. The molecule has 0 aliphatic carbocycles. The number of benzene rings is 1. The normalized spacial score (nSPS) is 9.94. The summed E-state index contributed by atoms with van der Waals surface area (Å²) in [5.41, 5.74) is 6.80. The fourth-order valence-electron chi connectivity index (χ4n) is 1.45. The molecular formula is C12H11N3O2. The first-order valence-corrected chi connectivity index (χ1v) is 4.97. The highest BCUT2D eigenvalue weighted by atomic mass is 16.5. The number of nitrogens with zero attached hydrogens (tertiary/aromatic N) is 2. The van der Waals surface area contributed by atoms with Crippen molar-refractivity contribution in [1.82, 2.24) is 9.97 Å². The van der Waals surface area contributed by atoms with E-state index >= 15 is 0 Å². The molecule has 5 heteroatoms. The van der Waals surface area contributed by atoms with Gasteiger partial charge in [-0.25, -0.2) is 9.97 Å². The molecule has 0 aliphatic heterocycles. The first-order valence-electron chi connectivity index (χ1n) is 4.97. The summed E-state index contributed by atoms with van der Waals surface area (Å²) in [5.74, 6) is -0.0535. The van der Waals surface area contributed by atoms with Gasteiger partial charge >= 0.3 is 0 Å². The number of nitrogens with two attached hydrogens (primary N) is 1. The Hall–Kier alpha value is -2.43. The number of methoxy groups -OCH3 is 1. The molecule has 0 atom stereocenters. The van der Waals surface area contributed by atoms with Gasteiger partial charge in [0.15, 0.2) is 5.69 Å².